The number of aryl methyl sites for hydroxylation is 1. The summed E-state index contributed by atoms with van der Waals surface area (Å²) in [6.07, 6.45) is 1.67. The molecule has 0 unspecified atom stereocenters. The number of hydrogen-bond donors (Lipinski definition) is 1. The maximum Gasteiger partial charge on any atom is 0.147 e. The van der Waals surface area contributed by atoms with Crippen molar-refractivity contribution in [1.82, 2.24) is 9.88 Å². The van der Waals surface area contributed by atoms with Crippen molar-refractivity contribution >= 4 is 28.2 Å². The lowest BCUT2D eigenvalue weighted by atomic mass is 9.93. The van der Waals surface area contributed by atoms with Crippen molar-refractivity contribution in [2.45, 2.75) is 13.0 Å². The zero-order chi connectivity index (χ0) is 22.9. The van der Waals surface area contributed by atoms with E-state index in [-0.39, 0.29) is 17.6 Å². The molecule has 1 fully saturated rings. The Bertz CT molecular complexity index is 1270. The summed E-state index contributed by atoms with van der Waals surface area (Å²) >= 11 is 6.64. The largest absolute Gasteiger partial charge is 0.505 e. The van der Waals surface area contributed by atoms with E-state index < -0.39 is 0 Å². The van der Waals surface area contributed by atoms with E-state index >= 15 is 0 Å². The van der Waals surface area contributed by atoms with Crippen LogP contribution in [0.2, 0.25) is 5.02 Å². The van der Waals surface area contributed by atoms with E-state index in [2.05, 4.69) is 46.0 Å². The molecule has 3 aromatic carbocycles. The first-order valence-electron chi connectivity index (χ1n) is 11.1. The van der Waals surface area contributed by atoms with E-state index in [1.54, 1.807) is 6.20 Å². The van der Waals surface area contributed by atoms with Gasteiger partial charge in [0, 0.05) is 49.0 Å². The molecule has 1 aliphatic heterocycles. The number of piperazine rings is 1. The molecule has 1 N–H and O–H groups in total. The molecule has 0 spiro atoms. The average molecular weight is 462 g/mol. The second-order valence-electron chi connectivity index (χ2n) is 8.51. The van der Waals surface area contributed by atoms with E-state index in [1.807, 2.05) is 30.3 Å². The molecular formula is C27H25ClFN3O. The van der Waals surface area contributed by atoms with Gasteiger partial charge in [0.15, 0.2) is 0 Å². The number of aromatic nitrogens is 1. The van der Waals surface area contributed by atoms with E-state index in [9.17, 15) is 9.50 Å². The number of rotatable bonds is 4. The summed E-state index contributed by atoms with van der Waals surface area (Å²) < 4.78 is 13.3. The van der Waals surface area contributed by atoms with Gasteiger partial charge in [-0.2, -0.15) is 0 Å². The molecule has 4 aromatic rings. The molecule has 0 radical (unpaired) electrons. The summed E-state index contributed by atoms with van der Waals surface area (Å²) in [6, 6.07) is 20.5. The van der Waals surface area contributed by atoms with Crippen LogP contribution in [0.15, 0.2) is 72.9 Å². The molecule has 1 saturated heterocycles. The van der Waals surface area contributed by atoms with Crippen molar-refractivity contribution in [2.75, 3.05) is 31.1 Å². The Morgan fingerprint density at radius 3 is 2.36 bits per heavy atom. The number of aromatic hydroxyl groups is 1. The van der Waals surface area contributed by atoms with E-state index in [4.69, 9.17) is 11.6 Å². The fraction of sp³-hybridized carbons (Fsp3) is 0.222. The topological polar surface area (TPSA) is 39.6 Å². The molecule has 5 rings (SSSR count). The highest BCUT2D eigenvalue weighted by molar-refractivity contribution is 6.35. The van der Waals surface area contributed by atoms with Gasteiger partial charge in [-0.15, -0.1) is 0 Å². The fourth-order valence-electron chi connectivity index (χ4n) is 4.64. The van der Waals surface area contributed by atoms with Crippen LogP contribution in [-0.4, -0.2) is 41.2 Å². The van der Waals surface area contributed by atoms with Gasteiger partial charge in [-0.3, -0.25) is 9.88 Å². The number of hydrogen-bond acceptors (Lipinski definition) is 4. The third-order valence-corrected chi connectivity index (χ3v) is 6.72. The molecule has 1 aliphatic rings. The first-order chi connectivity index (χ1) is 16.0. The Labute approximate surface area is 197 Å². The molecule has 4 nitrogen and oxygen atoms in total. The molecule has 0 saturated carbocycles. The van der Waals surface area contributed by atoms with Crippen molar-refractivity contribution in [3.8, 4) is 5.75 Å². The summed E-state index contributed by atoms with van der Waals surface area (Å²) in [5, 5.41) is 12.6. The van der Waals surface area contributed by atoms with Crippen molar-refractivity contribution < 1.29 is 9.50 Å². The minimum atomic E-state index is -0.228. The fourth-order valence-corrected chi connectivity index (χ4v) is 4.91. The third kappa shape index (κ3) is 4.26. The highest BCUT2D eigenvalue weighted by Crippen LogP contribution is 2.41. The number of phenols is 1. The predicted molar refractivity (Wildman–Crippen MR) is 132 cm³/mol. The summed E-state index contributed by atoms with van der Waals surface area (Å²) in [5.41, 5.74) is 4.56. The average Bonchev–Trinajstić information content (AvgIpc) is 2.84. The molecule has 6 heteroatoms. The summed E-state index contributed by atoms with van der Waals surface area (Å²) in [7, 11) is 0. The van der Waals surface area contributed by atoms with E-state index in [0.717, 1.165) is 48.4 Å². The second-order valence-corrected chi connectivity index (χ2v) is 8.92. The highest BCUT2D eigenvalue weighted by atomic mass is 35.5. The number of halogens is 2. The molecule has 0 aliphatic carbocycles. The highest BCUT2D eigenvalue weighted by Gasteiger charge is 2.30. The maximum atomic E-state index is 13.3. The zero-order valence-corrected chi connectivity index (χ0v) is 19.1. The van der Waals surface area contributed by atoms with Crippen LogP contribution < -0.4 is 4.90 Å². The molecule has 168 valence electrons. The van der Waals surface area contributed by atoms with Gasteiger partial charge in [0.2, 0.25) is 0 Å². The summed E-state index contributed by atoms with van der Waals surface area (Å²) in [4.78, 5) is 9.03. The smallest absolute Gasteiger partial charge is 0.147 e. The lowest BCUT2D eigenvalue weighted by molar-refractivity contribution is 0.209. The molecule has 2 heterocycles. The minimum Gasteiger partial charge on any atom is -0.505 e. The third-order valence-electron chi connectivity index (χ3n) is 6.40. The first-order valence-corrected chi connectivity index (χ1v) is 11.5. The monoisotopic (exact) mass is 461 g/mol. The number of nitrogens with zero attached hydrogens (tertiary/aromatic N) is 3. The molecular weight excluding hydrogens is 437 g/mol. The lowest BCUT2D eigenvalue weighted by Gasteiger charge is -2.41. The minimum absolute atomic E-state index is 0.162. The van der Waals surface area contributed by atoms with Crippen LogP contribution in [0, 0.1) is 12.7 Å². The number of benzene rings is 3. The number of fused-ring (bicyclic) bond motifs is 1. The van der Waals surface area contributed by atoms with Gasteiger partial charge in [0.05, 0.1) is 11.1 Å². The van der Waals surface area contributed by atoms with Crippen LogP contribution in [0.4, 0.5) is 10.1 Å². The van der Waals surface area contributed by atoms with E-state index in [1.165, 1.54) is 17.7 Å². The van der Waals surface area contributed by atoms with Crippen LogP contribution in [0.1, 0.15) is 22.7 Å². The lowest BCUT2D eigenvalue weighted by Crippen LogP contribution is -2.48. The SMILES string of the molecule is Cc1ccc([C@@H](c2cc(Cl)c3cccnc3c2O)N2CCN(c3ccc(F)cc3)CC2)cc1. The number of phenolic OH excluding ortho intramolecular Hbond substituents is 1. The Balaban J connectivity index is 1.52. The van der Waals surface area contributed by atoms with Gasteiger partial charge in [0.25, 0.3) is 0 Å². The van der Waals surface area contributed by atoms with Crippen LogP contribution in [-0.2, 0) is 0 Å². The predicted octanol–water partition coefficient (Wildman–Crippen LogP) is 5.95. The van der Waals surface area contributed by atoms with Gasteiger partial charge in [0.1, 0.15) is 17.1 Å². The zero-order valence-electron chi connectivity index (χ0n) is 18.4. The molecule has 0 bridgehead atoms. The summed E-state index contributed by atoms with van der Waals surface area (Å²) in [6.45, 7) is 5.23. The molecule has 1 atom stereocenters. The Morgan fingerprint density at radius 1 is 0.970 bits per heavy atom. The van der Waals surface area contributed by atoms with Crippen molar-refractivity contribution in [3.05, 3.63) is 100 Å². The van der Waals surface area contributed by atoms with Crippen molar-refractivity contribution in [1.29, 1.82) is 0 Å². The standard InChI is InChI=1S/C27H25ClFN3O/c1-18-4-6-19(7-5-18)26(23-17-24(28)22-3-2-12-30-25(22)27(23)33)32-15-13-31(14-16-32)21-10-8-20(29)9-11-21/h2-12,17,26,33H,13-16H2,1H3/t26-/m0/s1. The van der Waals surface area contributed by atoms with Gasteiger partial charge < -0.3 is 10.0 Å². The van der Waals surface area contributed by atoms with Gasteiger partial charge in [-0.1, -0.05) is 41.4 Å². The van der Waals surface area contributed by atoms with E-state index in [0.29, 0.717) is 10.5 Å². The molecule has 0 amide bonds. The Kier molecular flexibility index (Phi) is 5.92. The number of anilines is 1. The quantitative estimate of drug-likeness (QED) is 0.407. The summed E-state index contributed by atoms with van der Waals surface area (Å²) in [5.74, 6) is -0.0596. The maximum absolute atomic E-state index is 13.3. The first kappa shape index (κ1) is 21.7. The van der Waals surface area contributed by atoms with Crippen LogP contribution in [0.3, 0.4) is 0 Å². The van der Waals surface area contributed by atoms with Gasteiger partial charge in [-0.25, -0.2) is 4.39 Å². The molecule has 1 aromatic heterocycles. The van der Waals surface area contributed by atoms with Crippen molar-refractivity contribution in [2.24, 2.45) is 0 Å². The van der Waals surface area contributed by atoms with Crippen LogP contribution in [0.5, 0.6) is 5.75 Å². The Morgan fingerprint density at radius 2 is 1.67 bits per heavy atom. The van der Waals surface area contributed by atoms with Crippen LogP contribution >= 0.6 is 11.6 Å². The van der Waals surface area contributed by atoms with Gasteiger partial charge in [-0.05, 0) is 55.0 Å². The second kappa shape index (κ2) is 9.00. The molecule has 33 heavy (non-hydrogen) atoms. The van der Waals surface area contributed by atoms with Crippen molar-refractivity contribution in [3.63, 3.8) is 0 Å². The Hall–Kier alpha value is -3.15. The van der Waals surface area contributed by atoms with Crippen LogP contribution in [0.25, 0.3) is 10.9 Å². The van der Waals surface area contributed by atoms with Gasteiger partial charge >= 0.3 is 0 Å². The normalized spacial score (nSPS) is 15.7. The number of pyridine rings is 1.